The fourth-order valence-corrected chi connectivity index (χ4v) is 2.44. The Morgan fingerprint density at radius 1 is 1.19 bits per heavy atom. The molecule has 0 N–H and O–H groups in total. The number of benzene rings is 1. The molecule has 110 valence electrons. The second-order valence-corrected chi connectivity index (χ2v) is 5.71. The molecule has 0 aliphatic heterocycles. The number of nitrogens with zero attached hydrogens (tertiary/aromatic N) is 3. The molecular formula is C16H18ClN3O. The Labute approximate surface area is 129 Å². The number of ether oxygens (including phenoxy) is 1. The van der Waals surface area contributed by atoms with Gasteiger partial charge in [0.15, 0.2) is 0 Å². The summed E-state index contributed by atoms with van der Waals surface area (Å²) in [6.07, 6.45) is 2.32. The van der Waals surface area contributed by atoms with Gasteiger partial charge in [-0.1, -0.05) is 11.6 Å². The van der Waals surface area contributed by atoms with Gasteiger partial charge in [-0.2, -0.15) is 0 Å². The van der Waals surface area contributed by atoms with Gasteiger partial charge in [0, 0.05) is 24.2 Å². The number of hydrogen-bond donors (Lipinski definition) is 0. The van der Waals surface area contributed by atoms with Gasteiger partial charge in [-0.3, -0.25) is 0 Å². The van der Waals surface area contributed by atoms with E-state index in [9.17, 15) is 0 Å². The zero-order valence-electron chi connectivity index (χ0n) is 12.4. The highest BCUT2D eigenvalue weighted by Crippen LogP contribution is 2.40. The average molecular weight is 304 g/mol. The van der Waals surface area contributed by atoms with Gasteiger partial charge in [0.2, 0.25) is 0 Å². The van der Waals surface area contributed by atoms with Crippen LogP contribution >= 0.6 is 11.6 Å². The quantitative estimate of drug-likeness (QED) is 0.797. The summed E-state index contributed by atoms with van der Waals surface area (Å²) >= 11 is 6.27. The summed E-state index contributed by atoms with van der Waals surface area (Å²) in [5, 5.41) is 0.544. The Morgan fingerprint density at radius 2 is 1.86 bits per heavy atom. The third-order valence-electron chi connectivity index (χ3n) is 3.80. The van der Waals surface area contributed by atoms with Crippen molar-refractivity contribution < 1.29 is 4.74 Å². The van der Waals surface area contributed by atoms with Gasteiger partial charge in [0.05, 0.1) is 7.11 Å². The van der Waals surface area contributed by atoms with Crippen LogP contribution in [0.5, 0.6) is 5.75 Å². The molecule has 21 heavy (non-hydrogen) atoms. The van der Waals surface area contributed by atoms with E-state index in [-0.39, 0.29) is 0 Å². The van der Waals surface area contributed by atoms with Crippen molar-refractivity contribution in [2.24, 2.45) is 0 Å². The van der Waals surface area contributed by atoms with E-state index in [1.54, 1.807) is 7.11 Å². The zero-order chi connectivity index (χ0) is 15.0. The van der Waals surface area contributed by atoms with E-state index >= 15 is 0 Å². The lowest BCUT2D eigenvalue weighted by Crippen LogP contribution is -2.14. The molecular weight excluding hydrogens is 286 g/mol. The van der Waals surface area contributed by atoms with Crippen LogP contribution in [0.1, 0.15) is 30.1 Å². The molecule has 1 aromatic heterocycles. The lowest BCUT2D eigenvalue weighted by Gasteiger charge is -2.21. The Balaban J connectivity index is 1.97. The monoisotopic (exact) mass is 303 g/mol. The molecule has 1 saturated carbocycles. The van der Waals surface area contributed by atoms with Gasteiger partial charge in [0.1, 0.15) is 22.5 Å². The van der Waals surface area contributed by atoms with Crippen LogP contribution in [0.15, 0.2) is 24.3 Å². The van der Waals surface area contributed by atoms with Crippen molar-refractivity contribution in [2.75, 3.05) is 19.1 Å². The highest BCUT2D eigenvalue weighted by molar-refractivity contribution is 6.30. The topological polar surface area (TPSA) is 38.2 Å². The van der Waals surface area contributed by atoms with Crippen molar-refractivity contribution in [1.82, 2.24) is 9.97 Å². The van der Waals surface area contributed by atoms with E-state index in [0.717, 1.165) is 41.5 Å². The summed E-state index contributed by atoms with van der Waals surface area (Å²) in [4.78, 5) is 11.2. The molecule has 1 aromatic carbocycles. The fraction of sp³-hybridized carbons (Fsp3) is 0.375. The molecule has 5 heteroatoms. The molecule has 0 atom stereocenters. The van der Waals surface area contributed by atoms with E-state index in [0.29, 0.717) is 11.1 Å². The molecule has 0 radical (unpaired) electrons. The van der Waals surface area contributed by atoms with Crippen molar-refractivity contribution in [3.63, 3.8) is 0 Å². The van der Waals surface area contributed by atoms with Crippen molar-refractivity contribution in [1.29, 1.82) is 0 Å². The minimum absolute atomic E-state index is 0.478. The second-order valence-electron chi connectivity index (χ2n) is 5.35. The average Bonchev–Trinajstić information content (AvgIpc) is 3.34. The molecule has 4 nitrogen and oxygen atoms in total. The maximum Gasteiger partial charge on any atom is 0.140 e. The highest BCUT2D eigenvalue weighted by atomic mass is 35.5. The smallest absolute Gasteiger partial charge is 0.140 e. The minimum Gasteiger partial charge on any atom is -0.497 e. The van der Waals surface area contributed by atoms with Gasteiger partial charge < -0.3 is 9.64 Å². The number of anilines is 2. The Kier molecular flexibility index (Phi) is 3.72. The Morgan fingerprint density at radius 3 is 2.43 bits per heavy atom. The van der Waals surface area contributed by atoms with Gasteiger partial charge >= 0.3 is 0 Å². The van der Waals surface area contributed by atoms with Gasteiger partial charge in [-0.25, -0.2) is 9.97 Å². The van der Waals surface area contributed by atoms with Crippen molar-refractivity contribution in [3.05, 3.63) is 40.8 Å². The molecule has 1 aliphatic rings. The van der Waals surface area contributed by atoms with E-state index in [2.05, 4.69) is 4.98 Å². The van der Waals surface area contributed by atoms with Crippen LogP contribution in [0, 0.1) is 6.92 Å². The number of hydrogen-bond acceptors (Lipinski definition) is 4. The predicted molar refractivity (Wildman–Crippen MR) is 84.8 cm³/mol. The normalized spacial score (nSPS) is 14.1. The van der Waals surface area contributed by atoms with Crippen LogP contribution in [0.4, 0.5) is 11.5 Å². The maximum absolute atomic E-state index is 6.27. The van der Waals surface area contributed by atoms with Gasteiger partial charge in [-0.05, 0) is 44.0 Å². The minimum atomic E-state index is 0.478. The van der Waals surface area contributed by atoms with Crippen molar-refractivity contribution >= 4 is 23.1 Å². The first-order chi connectivity index (χ1) is 10.1. The molecule has 1 aliphatic carbocycles. The maximum atomic E-state index is 6.27. The lowest BCUT2D eigenvalue weighted by atomic mass is 10.2. The highest BCUT2D eigenvalue weighted by Gasteiger charge is 2.28. The van der Waals surface area contributed by atoms with E-state index in [1.807, 2.05) is 43.1 Å². The first-order valence-corrected chi connectivity index (χ1v) is 7.39. The fourth-order valence-electron chi connectivity index (χ4n) is 2.27. The summed E-state index contributed by atoms with van der Waals surface area (Å²) in [5.74, 6) is 3.04. The van der Waals surface area contributed by atoms with Gasteiger partial charge in [-0.15, -0.1) is 0 Å². The summed E-state index contributed by atoms with van der Waals surface area (Å²) in [5.41, 5.74) is 1.94. The predicted octanol–water partition coefficient (Wildman–Crippen LogP) is 4.09. The van der Waals surface area contributed by atoms with Crippen LogP contribution in [-0.4, -0.2) is 24.1 Å². The largest absolute Gasteiger partial charge is 0.497 e. The first kappa shape index (κ1) is 14.1. The molecule has 0 unspecified atom stereocenters. The first-order valence-electron chi connectivity index (χ1n) is 7.02. The van der Waals surface area contributed by atoms with E-state index in [1.165, 1.54) is 0 Å². The lowest BCUT2D eigenvalue weighted by molar-refractivity contribution is 0.415. The molecule has 1 fully saturated rings. The summed E-state index contributed by atoms with van der Waals surface area (Å²) in [7, 11) is 3.65. The van der Waals surface area contributed by atoms with Crippen LogP contribution in [-0.2, 0) is 0 Å². The SMILES string of the molecule is COc1ccc(N(C)c2nc(C3CC3)nc(Cl)c2C)cc1. The van der Waals surface area contributed by atoms with E-state index in [4.69, 9.17) is 21.3 Å². The third kappa shape index (κ3) is 2.81. The van der Waals surface area contributed by atoms with Crippen molar-refractivity contribution in [3.8, 4) is 5.75 Å². The van der Waals surface area contributed by atoms with Crippen LogP contribution < -0.4 is 9.64 Å². The third-order valence-corrected chi connectivity index (χ3v) is 4.17. The molecule has 0 amide bonds. The summed E-state index contributed by atoms with van der Waals surface area (Å²) in [6.45, 7) is 1.95. The molecule has 0 spiro atoms. The second kappa shape index (κ2) is 5.53. The molecule has 1 heterocycles. The molecule has 0 saturated heterocycles. The Hall–Kier alpha value is -1.81. The number of aromatic nitrogens is 2. The summed E-state index contributed by atoms with van der Waals surface area (Å²) < 4.78 is 5.19. The van der Waals surface area contributed by atoms with Gasteiger partial charge in [0.25, 0.3) is 0 Å². The van der Waals surface area contributed by atoms with Crippen molar-refractivity contribution in [2.45, 2.75) is 25.7 Å². The zero-order valence-corrected chi connectivity index (χ0v) is 13.2. The summed E-state index contributed by atoms with van der Waals surface area (Å²) in [6, 6.07) is 7.88. The van der Waals surface area contributed by atoms with E-state index < -0.39 is 0 Å². The molecule has 0 bridgehead atoms. The standard InChI is InChI=1S/C16H18ClN3O/c1-10-14(17)18-15(11-4-5-11)19-16(10)20(2)12-6-8-13(21-3)9-7-12/h6-9,11H,4-5H2,1-3H3. The van der Waals surface area contributed by atoms with Crippen LogP contribution in [0.25, 0.3) is 0 Å². The number of rotatable bonds is 4. The molecule has 3 rings (SSSR count). The number of halogens is 1. The number of methoxy groups -OCH3 is 1. The van der Waals surface area contributed by atoms with Crippen LogP contribution in [0.2, 0.25) is 5.15 Å². The van der Waals surface area contributed by atoms with Crippen LogP contribution in [0.3, 0.4) is 0 Å². The Bertz CT molecular complexity index is 653. The molecule has 2 aromatic rings.